The molecule has 0 saturated carbocycles. The van der Waals surface area contributed by atoms with E-state index in [1.807, 2.05) is 0 Å². The number of benzene rings is 1. The third kappa shape index (κ3) is 4.57. The van der Waals surface area contributed by atoms with Gasteiger partial charge < -0.3 is 0 Å². The Kier molecular flexibility index (Phi) is 5.74. The lowest BCUT2D eigenvalue weighted by Gasteiger charge is -2.04. The molecule has 2 heteroatoms. The Labute approximate surface area is 97.0 Å². The number of halogens is 1. The van der Waals surface area contributed by atoms with Crippen molar-refractivity contribution in [3.8, 4) is 0 Å². The summed E-state index contributed by atoms with van der Waals surface area (Å²) in [5.41, 5.74) is 1.47. The zero-order valence-electron chi connectivity index (χ0n) is 8.89. The summed E-state index contributed by atoms with van der Waals surface area (Å²) in [7, 11) is 0.737. The molecule has 1 atom stereocenters. The predicted octanol–water partition coefficient (Wildman–Crippen LogP) is 4.28. The molecule has 14 heavy (non-hydrogen) atoms. The highest BCUT2D eigenvalue weighted by Crippen LogP contribution is 2.19. The Balaban J connectivity index is 2.36. The summed E-state index contributed by atoms with van der Waals surface area (Å²) in [4.78, 5) is 0. The van der Waals surface area contributed by atoms with Gasteiger partial charge in [-0.05, 0) is 36.9 Å². The molecule has 0 N–H and O–H groups in total. The van der Waals surface area contributed by atoms with Crippen LogP contribution in [0.3, 0.4) is 0 Å². The van der Waals surface area contributed by atoms with Gasteiger partial charge in [-0.3, -0.25) is 0 Å². The lowest BCUT2D eigenvalue weighted by Crippen LogP contribution is -1.94. The molecule has 78 valence electrons. The highest BCUT2D eigenvalue weighted by atomic mass is 79.9. The van der Waals surface area contributed by atoms with Crippen LogP contribution in [0.4, 0.5) is 0 Å². The van der Waals surface area contributed by atoms with E-state index in [4.69, 9.17) is 0 Å². The Morgan fingerprint density at radius 3 is 2.36 bits per heavy atom. The quantitative estimate of drug-likeness (QED) is 0.702. The van der Waals surface area contributed by atoms with Crippen molar-refractivity contribution in [1.82, 2.24) is 0 Å². The van der Waals surface area contributed by atoms with E-state index in [1.54, 1.807) is 0 Å². The molecular weight excluding hydrogens is 255 g/mol. The molecule has 0 amide bonds. The highest BCUT2D eigenvalue weighted by molar-refractivity contribution is 9.37. The molecule has 0 bridgehead atoms. The second-order valence-corrected chi connectivity index (χ2v) is 6.03. The van der Waals surface area contributed by atoms with Crippen molar-refractivity contribution >= 4 is 28.1 Å². The van der Waals surface area contributed by atoms with E-state index in [2.05, 4.69) is 53.6 Å². The van der Waals surface area contributed by atoms with Gasteiger partial charge in [-0.1, -0.05) is 60.0 Å². The SMILES string of the molecule is CC(C)CCCc1ccc(PBr)cc1. The van der Waals surface area contributed by atoms with Crippen molar-refractivity contribution in [2.75, 3.05) is 0 Å². The van der Waals surface area contributed by atoms with Crippen LogP contribution < -0.4 is 5.30 Å². The minimum atomic E-state index is 0.737. The van der Waals surface area contributed by atoms with Gasteiger partial charge in [0, 0.05) is 0 Å². The highest BCUT2D eigenvalue weighted by Gasteiger charge is 1.96. The summed E-state index contributed by atoms with van der Waals surface area (Å²) in [6.07, 6.45) is 3.87. The molecule has 0 aliphatic carbocycles. The van der Waals surface area contributed by atoms with Crippen LogP contribution in [0.1, 0.15) is 32.3 Å². The lowest BCUT2D eigenvalue weighted by atomic mass is 10.0. The molecule has 1 aromatic rings. The van der Waals surface area contributed by atoms with Gasteiger partial charge in [-0.15, -0.1) is 0 Å². The molecule has 0 nitrogen and oxygen atoms in total. The van der Waals surface area contributed by atoms with Crippen LogP contribution in [-0.2, 0) is 6.42 Å². The van der Waals surface area contributed by atoms with E-state index < -0.39 is 0 Å². The average Bonchev–Trinajstić information content (AvgIpc) is 2.18. The van der Waals surface area contributed by atoms with Crippen molar-refractivity contribution in [2.24, 2.45) is 5.92 Å². The van der Waals surface area contributed by atoms with Crippen molar-refractivity contribution in [3.05, 3.63) is 29.8 Å². The molecule has 1 rings (SSSR count). The largest absolute Gasteiger partial charge is 0.0628 e. The zero-order valence-corrected chi connectivity index (χ0v) is 11.5. The van der Waals surface area contributed by atoms with Gasteiger partial charge in [0.1, 0.15) is 0 Å². The Bertz CT molecular complexity index is 254. The first-order valence-electron chi connectivity index (χ1n) is 5.18. The van der Waals surface area contributed by atoms with E-state index in [0.717, 1.165) is 13.2 Å². The molecule has 1 aromatic carbocycles. The van der Waals surface area contributed by atoms with E-state index in [9.17, 15) is 0 Å². The molecule has 1 unspecified atom stereocenters. The molecule has 0 saturated heterocycles. The fourth-order valence-electron chi connectivity index (χ4n) is 1.45. The molecule has 0 spiro atoms. The Morgan fingerprint density at radius 2 is 1.86 bits per heavy atom. The van der Waals surface area contributed by atoms with Crippen LogP contribution in [0.15, 0.2) is 24.3 Å². The van der Waals surface area contributed by atoms with E-state index in [0.29, 0.717) is 0 Å². The zero-order chi connectivity index (χ0) is 10.4. The third-order valence-electron chi connectivity index (χ3n) is 2.31. The van der Waals surface area contributed by atoms with Gasteiger partial charge in [0.05, 0.1) is 0 Å². The Hall–Kier alpha value is 0.130. The van der Waals surface area contributed by atoms with Gasteiger partial charge in [0.2, 0.25) is 0 Å². The van der Waals surface area contributed by atoms with Crippen LogP contribution in [0.25, 0.3) is 0 Å². The molecule has 0 aliphatic heterocycles. The molecule has 0 heterocycles. The minimum absolute atomic E-state index is 0.737. The second kappa shape index (κ2) is 6.58. The fraction of sp³-hybridized carbons (Fsp3) is 0.500. The lowest BCUT2D eigenvalue weighted by molar-refractivity contribution is 0.556. The van der Waals surface area contributed by atoms with Crippen molar-refractivity contribution < 1.29 is 0 Å². The predicted molar refractivity (Wildman–Crippen MR) is 71.1 cm³/mol. The summed E-state index contributed by atoms with van der Waals surface area (Å²) in [5, 5.41) is 1.39. The van der Waals surface area contributed by atoms with E-state index in [1.165, 1.54) is 30.1 Å². The van der Waals surface area contributed by atoms with E-state index in [-0.39, 0.29) is 0 Å². The monoisotopic (exact) mass is 272 g/mol. The summed E-state index contributed by atoms with van der Waals surface area (Å²) in [5.74, 6) is 0.832. The van der Waals surface area contributed by atoms with Gasteiger partial charge in [0.25, 0.3) is 0 Å². The standard InChI is InChI=1S/C12H18BrP/c1-10(2)4-3-5-11-6-8-12(14-13)9-7-11/h6-10,14H,3-5H2,1-2H3. The maximum atomic E-state index is 3.48. The van der Waals surface area contributed by atoms with Gasteiger partial charge in [-0.2, -0.15) is 0 Å². The van der Waals surface area contributed by atoms with Crippen molar-refractivity contribution in [2.45, 2.75) is 33.1 Å². The number of hydrogen-bond acceptors (Lipinski definition) is 0. The molecule has 0 aliphatic rings. The topological polar surface area (TPSA) is 0 Å². The van der Waals surface area contributed by atoms with Crippen LogP contribution in [0.2, 0.25) is 0 Å². The van der Waals surface area contributed by atoms with Crippen LogP contribution in [-0.4, -0.2) is 0 Å². The molecular formula is C12H18BrP. The normalized spacial score (nSPS) is 11.7. The first-order valence-corrected chi connectivity index (χ1v) is 8.43. The summed E-state index contributed by atoms with van der Waals surface area (Å²) in [6, 6.07) is 8.95. The van der Waals surface area contributed by atoms with Crippen molar-refractivity contribution in [3.63, 3.8) is 0 Å². The smallest absolute Gasteiger partial charge is 0.0161 e. The fourth-order valence-corrected chi connectivity index (χ4v) is 2.53. The number of rotatable bonds is 5. The summed E-state index contributed by atoms with van der Waals surface area (Å²) < 4.78 is 0. The maximum Gasteiger partial charge on any atom is -0.0161 e. The van der Waals surface area contributed by atoms with E-state index >= 15 is 0 Å². The first kappa shape index (κ1) is 12.2. The number of aryl methyl sites for hydroxylation is 1. The van der Waals surface area contributed by atoms with Gasteiger partial charge >= 0.3 is 0 Å². The van der Waals surface area contributed by atoms with Crippen LogP contribution in [0.5, 0.6) is 0 Å². The minimum Gasteiger partial charge on any atom is -0.0628 e. The van der Waals surface area contributed by atoms with Crippen molar-refractivity contribution in [1.29, 1.82) is 0 Å². The maximum absolute atomic E-state index is 3.48. The van der Waals surface area contributed by atoms with Crippen LogP contribution in [0, 0.1) is 5.92 Å². The molecule has 0 fully saturated rings. The third-order valence-corrected chi connectivity index (χ3v) is 4.24. The van der Waals surface area contributed by atoms with Crippen LogP contribution >= 0.6 is 22.8 Å². The summed E-state index contributed by atoms with van der Waals surface area (Å²) >= 11 is 3.48. The first-order chi connectivity index (χ1) is 6.72. The number of hydrogen-bond donors (Lipinski definition) is 0. The average molecular weight is 273 g/mol. The summed E-state index contributed by atoms with van der Waals surface area (Å²) in [6.45, 7) is 4.57. The molecule has 0 aromatic heterocycles. The van der Waals surface area contributed by atoms with Gasteiger partial charge in [-0.25, -0.2) is 0 Å². The second-order valence-electron chi connectivity index (χ2n) is 4.08. The molecule has 0 radical (unpaired) electrons. The van der Waals surface area contributed by atoms with Gasteiger partial charge in [0.15, 0.2) is 0 Å². The Morgan fingerprint density at radius 1 is 1.21 bits per heavy atom.